The second-order valence-corrected chi connectivity index (χ2v) is 4.54. The summed E-state index contributed by atoms with van der Waals surface area (Å²) in [6.45, 7) is 3.30. The Kier molecular flexibility index (Phi) is 4.45. The fraction of sp³-hybridized carbons (Fsp3) is 0.250. The van der Waals surface area contributed by atoms with Crippen molar-refractivity contribution in [2.45, 2.75) is 13.5 Å². The largest absolute Gasteiger partial charge is 0.494 e. The number of ether oxygens (including phenoxy) is 1. The van der Waals surface area contributed by atoms with Crippen LogP contribution in [0.3, 0.4) is 0 Å². The van der Waals surface area contributed by atoms with Crippen LogP contribution in [0.5, 0.6) is 5.75 Å². The lowest BCUT2D eigenvalue weighted by atomic mass is 10.1. The first-order valence-corrected chi connectivity index (χ1v) is 6.57. The second-order valence-electron chi connectivity index (χ2n) is 4.54. The minimum atomic E-state index is -0.302. The van der Waals surface area contributed by atoms with Crippen molar-refractivity contribution in [3.8, 4) is 5.75 Å². The third-order valence-corrected chi connectivity index (χ3v) is 3.26. The predicted molar refractivity (Wildman–Crippen MR) is 80.5 cm³/mol. The molecule has 0 spiro atoms. The van der Waals surface area contributed by atoms with Gasteiger partial charge in [0.1, 0.15) is 0 Å². The number of nitrogen functional groups attached to an aromatic ring is 1. The van der Waals surface area contributed by atoms with E-state index in [4.69, 9.17) is 10.5 Å². The molecule has 3 nitrogen and oxygen atoms in total. The summed E-state index contributed by atoms with van der Waals surface area (Å²) in [5, 5.41) is 0. The summed E-state index contributed by atoms with van der Waals surface area (Å²) in [5.74, 6) is -0.0280. The zero-order valence-electron chi connectivity index (χ0n) is 11.8. The van der Waals surface area contributed by atoms with Crippen LogP contribution in [0.1, 0.15) is 12.5 Å². The third-order valence-electron chi connectivity index (χ3n) is 3.26. The summed E-state index contributed by atoms with van der Waals surface area (Å²) >= 11 is 0. The first-order valence-electron chi connectivity index (χ1n) is 6.57. The molecule has 0 aromatic heterocycles. The molecule has 2 aromatic rings. The lowest BCUT2D eigenvalue weighted by Gasteiger charge is -2.24. The van der Waals surface area contributed by atoms with Crippen molar-refractivity contribution in [2.75, 3.05) is 24.3 Å². The highest BCUT2D eigenvalue weighted by Gasteiger charge is 2.12. The highest BCUT2D eigenvalue weighted by atomic mass is 19.1. The van der Waals surface area contributed by atoms with E-state index in [0.29, 0.717) is 12.1 Å². The Morgan fingerprint density at radius 2 is 1.85 bits per heavy atom. The number of benzene rings is 2. The Morgan fingerprint density at radius 1 is 1.15 bits per heavy atom. The summed E-state index contributed by atoms with van der Waals surface area (Å²) in [5.41, 5.74) is 8.04. The van der Waals surface area contributed by atoms with E-state index < -0.39 is 0 Å². The van der Waals surface area contributed by atoms with Gasteiger partial charge in [-0.1, -0.05) is 12.1 Å². The first kappa shape index (κ1) is 14.2. The Balaban J connectivity index is 2.24. The van der Waals surface area contributed by atoms with Crippen LogP contribution in [0.4, 0.5) is 15.8 Å². The maximum Gasteiger partial charge on any atom is 0.170 e. The highest BCUT2D eigenvalue weighted by Crippen LogP contribution is 2.24. The molecule has 0 unspecified atom stereocenters. The van der Waals surface area contributed by atoms with Crippen molar-refractivity contribution < 1.29 is 9.13 Å². The summed E-state index contributed by atoms with van der Waals surface area (Å²) in [6, 6.07) is 12.8. The Bertz CT molecular complexity index is 569. The minimum Gasteiger partial charge on any atom is -0.494 e. The van der Waals surface area contributed by atoms with Gasteiger partial charge in [0.15, 0.2) is 11.6 Å². The van der Waals surface area contributed by atoms with Crippen molar-refractivity contribution in [3.05, 3.63) is 53.8 Å². The maximum atomic E-state index is 14.2. The maximum absolute atomic E-state index is 14.2. The van der Waals surface area contributed by atoms with Gasteiger partial charge in [0.2, 0.25) is 0 Å². The minimum absolute atomic E-state index is 0.274. The van der Waals surface area contributed by atoms with Crippen LogP contribution in [0.25, 0.3) is 0 Å². The van der Waals surface area contributed by atoms with Crippen LogP contribution in [0, 0.1) is 5.82 Å². The van der Waals surface area contributed by atoms with Gasteiger partial charge in [-0.2, -0.15) is 0 Å². The van der Waals surface area contributed by atoms with Gasteiger partial charge in [-0.3, -0.25) is 0 Å². The normalized spacial score (nSPS) is 10.3. The monoisotopic (exact) mass is 274 g/mol. The van der Waals surface area contributed by atoms with E-state index in [0.717, 1.165) is 17.9 Å². The van der Waals surface area contributed by atoms with E-state index in [9.17, 15) is 4.39 Å². The SMILES string of the molecule is CCN(Cc1cccc(OC)c1F)c1ccc(N)cc1. The van der Waals surface area contributed by atoms with Crippen LogP contribution in [-0.4, -0.2) is 13.7 Å². The van der Waals surface area contributed by atoms with Crippen LogP contribution < -0.4 is 15.4 Å². The van der Waals surface area contributed by atoms with E-state index in [1.54, 1.807) is 18.2 Å². The summed E-state index contributed by atoms with van der Waals surface area (Å²) in [6.07, 6.45) is 0. The van der Waals surface area contributed by atoms with E-state index in [1.807, 2.05) is 31.2 Å². The number of halogens is 1. The van der Waals surface area contributed by atoms with Gasteiger partial charge in [-0.05, 0) is 37.3 Å². The van der Waals surface area contributed by atoms with Crippen LogP contribution in [0.2, 0.25) is 0 Å². The molecule has 0 saturated carbocycles. The molecule has 0 aliphatic rings. The van der Waals surface area contributed by atoms with Crippen molar-refractivity contribution in [2.24, 2.45) is 0 Å². The predicted octanol–water partition coefficient (Wildman–Crippen LogP) is 3.44. The number of rotatable bonds is 5. The fourth-order valence-corrected chi connectivity index (χ4v) is 2.11. The zero-order chi connectivity index (χ0) is 14.5. The van der Waals surface area contributed by atoms with Gasteiger partial charge in [0.25, 0.3) is 0 Å². The van der Waals surface area contributed by atoms with Gasteiger partial charge in [-0.15, -0.1) is 0 Å². The number of nitrogens with two attached hydrogens (primary N) is 1. The molecule has 20 heavy (non-hydrogen) atoms. The molecule has 0 fully saturated rings. The molecule has 106 valence electrons. The lowest BCUT2D eigenvalue weighted by molar-refractivity contribution is 0.384. The number of anilines is 2. The molecule has 0 atom stereocenters. The average Bonchev–Trinajstić information content (AvgIpc) is 2.47. The smallest absolute Gasteiger partial charge is 0.170 e. The van der Waals surface area contributed by atoms with Crippen molar-refractivity contribution in [3.63, 3.8) is 0 Å². The van der Waals surface area contributed by atoms with Crippen molar-refractivity contribution >= 4 is 11.4 Å². The van der Waals surface area contributed by atoms with Gasteiger partial charge >= 0.3 is 0 Å². The molecule has 0 aliphatic heterocycles. The highest BCUT2D eigenvalue weighted by molar-refractivity contribution is 5.53. The molecule has 2 N–H and O–H groups in total. The van der Waals surface area contributed by atoms with E-state index in [1.165, 1.54) is 7.11 Å². The standard InChI is InChI=1S/C16H19FN2O/c1-3-19(14-9-7-13(18)8-10-14)11-12-5-4-6-15(20-2)16(12)17/h4-10H,3,11,18H2,1-2H3. The number of nitrogens with zero attached hydrogens (tertiary/aromatic N) is 1. The summed E-state index contributed by atoms with van der Waals surface area (Å²) in [4.78, 5) is 2.08. The topological polar surface area (TPSA) is 38.5 Å². The molecule has 0 bridgehead atoms. The fourth-order valence-electron chi connectivity index (χ4n) is 2.11. The number of hydrogen-bond acceptors (Lipinski definition) is 3. The summed E-state index contributed by atoms with van der Waals surface area (Å²) in [7, 11) is 1.47. The average molecular weight is 274 g/mol. The van der Waals surface area contributed by atoms with Crippen LogP contribution in [-0.2, 0) is 6.54 Å². The van der Waals surface area contributed by atoms with E-state index in [2.05, 4.69) is 4.90 Å². The Morgan fingerprint density at radius 3 is 2.45 bits per heavy atom. The van der Waals surface area contributed by atoms with Crippen LogP contribution in [0.15, 0.2) is 42.5 Å². The molecule has 0 radical (unpaired) electrons. The quantitative estimate of drug-likeness (QED) is 0.849. The van der Waals surface area contributed by atoms with Gasteiger partial charge in [-0.25, -0.2) is 4.39 Å². The molecule has 2 rings (SSSR count). The van der Waals surface area contributed by atoms with E-state index in [-0.39, 0.29) is 11.6 Å². The molecular formula is C16H19FN2O. The molecule has 0 saturated heterocycles. The molecule has 0 aliphatic carbocycles. The molecule has 4 heteroatoms. The Labute approximate surface area is 118 Å². The number of hydrogen-bond donors (Lipinski definition) is 1. The number of methoxy groups -OCH3 is 1. The molecule has 0 heterocycles. The van der Waals surface area contributed by atoms with Crippen molar-refractivity contribution in [1.29, 1.82) is 0 Å². The van der Waals surface area contributed by atoms with E-state index >= 15 is 0 Å². The van der Waals surface area contributed by atoms with Gasteiger partial charge in [0, 0.05) is 30.0 Å². The first-order chi connectivity index (χ1) is 9.65. The molecule has 2 aromatic carbocycles. The second kappa shape index (κ2) is 6.28. The third kappa shape index (κ3) is 3.02. The lowest BCUT2D eigenvalue weighted by Crippen LogP contribution is -2.22. The summed E-state index contributed by atoms with van der Waals surface area (Å²) < 4.78 is 19.2. The van der Waals surface area contributed by atoms with Gasteiger partial charge < -0.3 is 15.4 Å². The zero-order valence-corrected chi connectivity index (χ0v) is 11.8. The van der Waals surface area contributed by atoms with Crippen LogP contribution >= 0.6 is 0 Å². The van der Waals surface area contributed by atoms with Crippen molar-refractivity contribution in [1.82, 2.24) is 0 Å². The molecule has 0 amide bonds. The molecular weight excluding hydrogens is 255 g/mol. The Hall–Kier alpha value is -2.23. The van der Waals surface area contributed by atoms with Gasteiger partial charge in [0.05, 0.1) is 7.11 Å².